The van der Waals surface area contributed by atoms with E-state index >= 15 is 0 Å². The van der Waals surface area contributed by atoms with Crippen molar-refractivity contribution in [3.63, 3.8) is 0 Å². The number of nitrogens with zero attached hydrogens (tertiary/aromatic N) is 4. The van der Waals surface area contributed by atoms with E-state index in [-0.39, 0.29) is 15.1 Å². The van der Waals surface area contributed by atoms with Gasteiger partial charge >= 0.3 is 6.09 Å². The van der Waals surface area contributed by atoms with Gasteiger partial charge < -0.3 is 15.3 Å². The van der Waals surface area contributed by atoms with Gasteiger partial charge in [-0.15, -0.1) is 15.6 Å². The number of carbonyl (C=O) groups is 1. The minimum absolute atomic E-state index is 0.167. The predicted molar refractivity (Wildman–Crippen MR) is 98.5 cm³/mol. The summed E-state index contributed by atoms with van der Waals surface area (Å²) in [5.41, 5.74) is 2.89. The third kappa shape index (κ3) is 3.37. The Hall–Kier alpha value is -2.24. The monoisotopic (exact) mass is 397 g/mol. The maximum atomic E-state index is 12.8. The fourth-order valence-corrected chi connectivity index (χ4v) is 4.76. The van der Waals surface area contributed by atoms with E-state index in [4.69, 9.17) is 0 Å². The Morgan fingerprint density at radius 1 is 1.42 bits per heavy atom. The highest BCUT2D eigenvalue weighted by atomic mass is 32.2. The molecule has 2 aromatic heterocycles. The first-order valence-corrected chi connectivity index (χ1v) is 10.3. The maximum absolute atomic E-state index is 12.8. The van der Waals surface area contributed by atoms with Gasteiger partial charge in [0.2, 0.25) is 0 Å². The number of likely N-dealkylation sites (N-methyl/N-ethyl adjacent to an activating group) is 1. The molecular formula is C15H19N5O4S2. The molecule has 1 atom stereocenters. The average molecular weight is 397 g/mol. The van der Waals surface area contributed by atoms with Crippen molar-refractivity contribution in [2.75, 3.05) is 29.3 Å². The van der Waals surface area contributed by atoms with Gasteiger partial charge in [-0.3, -0.25) is 0 Å². The van der Waals surface area contributed by atoms with Gasteiger partial charge in [-0.2, -0.15) is 8.42 Å². The molecular weight excluding hydrogens is 378 g/mol. The second-order valence-corrected chi connectivity index (χ2v) is 8.42. The molecule has 3 rings (SSSR count). The van der Waals surface area contributed by atoms with Crippen molar-refractivity contribution in [1.29, 1.82) is 0 Å². The van der Waals surface area contributed by atoms with Crippen LogP contribution < -0.4 is 14.5 Å². The fraction of sp³-hybridized carbons (Fsp3) is 0.400. The standard InChI is InChI=1S/C15H19N5O4S2/c1-10-5-14(17-7-12(10)19(2)11-3-4-16-6-11)26(23,24)20(15(21)22)13-8-25-9-18-13/h5,7-9,11,16H,3-4,6H2,1-2H3,(H,21,22)/t11-/m0/s1. The second-order valence-electron chi connectivity index (χ2n) is 5.97. The number of hydrogen-bond donors (Lipinski definition) is 2. The average Bonchev–Trinajstić information content (AvgIpc) is 3.27. The van der Waals surface area contributed by atoms with E-state index in [1.54, 1.807) is 6.92 Å². The molecule has 2 N–H and O–H groups in total. The van der Waals surface area contributed by atoms with Crippen LogP contribution in [0.3, 0.4) is 0 Å². The zero-order chi connectivity index (χ0) is 18.9. The van der Waals surface area contributed by atoms with Gasteiger partial charge in [0.05, 0.1) is 17.4 Å². The lowest BCUT2D eigenvalue weighted by molar-refractivity contribution is 0.206. The van der Waals surface area contributed by atoms with Crippen LogP contribution in [0.4, 0.5) is 16.3 Å². The molecule has 0 saturated carbocycles. The van der Waals surface area contributed by atoms with Crippen LogP contribution in [-0.4, -0.2) is 55.8 Å². The third-order valence-electron chi connectivity index (χ3n) is 4.33. The van der Waals surface area contributed by atoms with Crippen molar-refractivity contribution in [3.8, 4) is 0 Å². The highest BCUT2D eigenvalue weighted by molar-refractivity contribution is 7.93. The van der Waals surface area contributed by atoms with Gasteiger partial charge in [0.25, 0.3) is 10.0 Å². The first-order valence-electron chi connectivity index (χ1n) is 7.89. The van der Waals surface area contributed by atoms with Gasteiger partial charge in [-0.1, -0.05) is 0 Å². The minimum atomic E-state index is -4.37. The summed E-state index contributed by atoms with van der Waals surface area (Å²) in [5.74, 6) is -0.167. The summed E-state index contributed by atoms with van der Waals surface area (Å²) < 4.78 is 25.8. The van der Waals surface area contributed by atoms with Crippen molar-refractivity contribution < 1.29 is 18.3 Å². The van der Waals surface area contributed by atoms with Crippen molar-refractivity contribution >= 4 is 39.0 Å². The van der Waals surface area contributed by atoms with Crippen LogP contribution in [0.5, 0.6) is 0 Å². The van der Waals surface area contributed by atoms with Crippen LogP contribution in [0, 0.1) is 6.92 Å². The van der Waals surface area contributed by atoms with Gasteiger partial charge in [-0.05, 0) is 31.5 Å². The number of hydrogen-bond acceptors (Lipinski definition) is 8. The molecule has 140 valence electrons. The number of anilines is 2. The molecule has 0 radical (unpaired) electrons. The van der Waals surface area contributed by atoms with Crippen LogP contribution in [0.2, 0.25) is 0 Å². The van der Waals surface area contributed by atoms with E-state index in [0.717, 1.165) is 36.5 Å². The summed E-state index contributed by atoms with van der Waals surface area (Å²) in [7, 11) is -2.43. The number of carboxylic acid groups (broad SMARTS) is 1. The van der Waals surface area contributed by atoms with Crippen molar-refractivity contribution in [2.24, 2.45) is 0 Å². The first kappa shape index (κ1) is 18.5. The SMILES string of the molecule is Cc1cc(S(=O)(=O)N(C(=O)O)c2cscn2)ncc1N(C)[C@H]1CCNC1. The van der Waals surface area contributed by atoms with Crippen LogP contribution in [0.1, 0.15) is 12.0 Å². The maximum Gasteiger partial charge on any atom is 0.427 e. The van der Waals surface area contributed by atoms with Crippen molar-refractivity contribution in [2.45, 2.75) is 24.4 Å². The zero-order valence-electron chi connectivity index (χ0n) is 14.3. The van der Waals surface area contributed by atoms with E-state index in [2.05, 4.69) is 20.2 Å². The molecule has 9 nitrogen and oxygen atoms in total. The van der Waals surface area contributed by atoms with Crippen LogP contribution in [-0.2, 0) is 10.0 Å². The molecule has 0 unspecified atom stereocenters. The van der Waals surface area contributed by atoms with Gasteiger partial charge in [0.1, 0.15) is 0 Å². The summed E-state index contributed by atoms with van der Waals surface area (Å²) in [5, 5.41) is 13.7. The third-order valence-corrected chi connectivity index (χ3v) is 6.48. The quantitative estimate of drug-likeness (QED) is 0.780. The molecule has 0 bridgehead atoms. The number of aryl methyl sites for hydroxylation is 1. The lowest BCUT2D eigenvalue weighted by atomic mass is 10.2. The molecule has 1 aliphatic rings. The Morgan fingerprint density at radius 2 is 2.19 bits per heavy atom. The van der Waals surface area contributed by atoms with E-state index < -0.39 is 16.1 Å². The molecule has 11 heteroatoms. The van der Waals surface area contributed by atoms with E-state index in [9.17, 15) is 18.3 Å². The number of nitrogens with one attached hydrogen (secondary N) is 1. The number of rotatable bonds is 5. The highest BCUT2D eigenvalue weighted by Crippen LogP contribution is 2.27. The number of pyridine rings is 1. The van der Waals surface area contributed by atoms with E-state index in [0.29, 0.717) is 11.6 Å². The molecule has 0 aliphatic carbocycles. The Balaban J connectivity index is 1.95. The summed E-state index contributed by atoms with van der Waals surface area (Å²) in [6.45, 7) is 3.57. The minimum Gasteiger partial charge on any atom is -0.464 e. The zero-order valence-corrected chi connectivity index (χ0v) is 15.9. The normalized spacial score (nSPS) is 17.2. The number of aromatic nitrogens is 2. The Kier molecular flexibility index (Phi) is 5.12. The Morgan fingerprint density at radius 3 is 2.73 bits per heavy atom. The molecule has 1 amide bonds. The number of thiazole rings is 1. The molecule has 2 aromatic rings. The molecule has 0 aromatic carbocycles. The predicted octanol–water partition coefficient (Wildman–Crippen LogP) is 1.52. The molecule has 26 heavy (non-hydrogen) atoms. The van der Waals surface area contributed by atoms with E-state index in [1.165, 1.54) is 23.2 Å². The molecule has 0 spiro atoms. The van der Waals surface area contributed by atoms with Crippen molar-refractivity contribution in [1.82, 2.24) is 15.3 Å². The van der Waals surface area contributed by atoms with Gasteiger partial charge in [0, 0.05) is 25.0 Å². The Bertz CT molecular complexity index is 895. The second kappa shape index (κ2) is 7.17. The lowest BCUT2D eigenvalue weighted by Gasteiger charge is -2.27. The topological polar surface area (TPSA) is 116 Å². The fourth-order valence-electron chi connectivity index (χ4n) is 2.92. The smallest absolute Gasteiger partial charge is 0.427 e. The van der Waals surface area contributed by atoms with Crippen molar-refractivity contribution in [3.05, 3.63) is 28.7 Å². The van der Waals surface area contributed by atoms with Crippen LogP contribution >= 0.6 is 11.3 Å². The molecule has 1 saturated heterocycles. The summed E-state index contributed by atoms with van der Waals surface area (Å²) >= 11 is 1.11. The highest BCUT2D eigenvalue weighted by Gasteiger charge is 2.34. The number of sulfonamides is 1. The van der Waals surface area contributed by atoms with Gasteiger partial charge in [0.15, 0.2) is 10.8 Å². The first-order chi connectivity index (χ1) is 12.3. The molecule has 1 fully saturated rings. The van der Waals surface area contributed by atoms with E-state index in [1.807, 2.05) is 7.05 Å². The van der Waals surface area contributed by atoms with Crippen LogP contribution in [0.25, 0.3) is 0 Å². The largest absolute Gasteiger partial charge is 0.464 e. The van der Waals surface area contributed by atoms with Crippen LogP contribution in [0.15, 0.2) is 28.2 Å². The molecule has 1 aliphatic heterocycles. The van der Waals surface area contributed by atoms with Gasteiger partial charge in [-0.25, -0.2) is 14.8 Å². The summed E-state index contributed by atoms with van der Waals surface area (Å²) in [6.07, 6.45) is 0.836. The molecule has 3 heterocycles. The lowest BCUT2D eigenvalue weighted by Crippen LogP contribution is -2.37. The summed E-state index contributed by atoms with van der Waals surface area (Å²) in [6, 6.07) is 1.70. The number of amides is 1. The Labute approximate surface area is 155 Å². The summed E-state index contributed by atoms with van der Waals surface area (Å²) in [4.78, 5) is 21.4.